The Hall–Kier alpha value is -2.49. The maximum atomic E-state index is 12.6. The van der Waals surface area contributed by atoms with Gasteiger partial charge in [0.05, 0.1) is 24.2 Å². The first-order valence-electron chi connectivity index (χ1n) is 8.73. The summed E-state index contributed by atoms with van der Waals surface area (Å²) in [6.45, 7) is 5.05. The zero-order chi connectivity index (χ0) is 19.9. The molecule has 0 saturated heterocycles. The fourth-order valence-corrected chi connectivity index (χ4v) is 4.70. The zero-order valence-corrected chi connectivity index (χ0v) is 16.6. The summed E-state index contributed by atoms with van der Waals surface area (Å²) in [5.41, 5.74) is 2.31. The monoisotopic (exact) mass is 382 g/mol. The number of ether oxygens (including phenoxy) is 1. The van der Waals surface area contributed by atoms with E-state index in [1.54, 1.807) is 14.0 Å². The number of aryl methyl sites for hydroxylation is 1. The number of carbonyl (C=O) groups is 1. The number of methoxy groups -OCH3 is 1. The Bertz CT molecular complexity index is 1020. The highest BCUT2D eigenvalue weighted by Crippen LogP contribution is 2.48. The average molecular weight is 382 g/mol. The lowest BCUT2D eigenvalue weighted by molar-refractivity contribution is -0.130. The van der Waals surface area contributed by atoms with Gasteiger partial charge in [-0.15, -0.1) is 0 Å². The number of nitriles is 1. The van der Waals surface area contributed by atoms with Gasteiger partial charge in [-0.25, -0.2) is 0 Å². The molecule has 3 rings (SSSR count). The molecule has 1 aromatic heterocycles. The summed E-state index contributed by atoms with van der Waals surface area (Å²) < 4.78 is 5.71. The van der Waals surface area contributed by atoms with Crippen molar-refractivity contribution in [1.29, 1.82) is 5.26 Å². The third-order valence-electron chi connectivity index (χ3n) is 5.41. The van der Waals surface area contributed by atoms with Crippen LogP contribution in [0.1, 0.15) is 47.7 Å². The fraction of sp³-hybridized carbons (Fsp3) is 0.381. The highest BCUT2D eigenvalue weighted by Gasteiger charge is 2.48. The molecule has 140 valence electrons. The molecule has 0 unspecified atom stereocenters. The molecule has 3 atom stereocenters. The van der Waals surface area contributed by atoms with E-state index in [0.717, 1.165) is 16.8 Å². The predicted molar refractivity (Wildman–Crippen MR) is 104 cm³/mol. The van der Waals surface area contributed by atoms with Crippen molar-refractivity contribution >= 4 is 18.0 Å². The molecule has 0 bridgehead atoms. The number of hydrogen-bond acceptors (Lipinski definition) is 5. The van der Waals surface area contributed by atoms with Crippen molar-refractivity contribution < 1.29 is 14.6 Å². The van der Waals surface area contributed by atoms with Crippen molar-refractivity contribution in [2.24, 2.45) is 5.92 Å². The average Bonchev–Trinajstić information content (AvgIpc) is 2.59. The molecule has 0 aliphatic heterocycles. The van der Waals surface area contributed by atoms with E-state index in [0.29, 0.717) is 21.5 Å². The number of aromatic nitrogens is 1. The highest BCUT2D eigenvalue weighted by atomic mass is 32.1. The molecule has 5 nitrogen and oxygen atoms in total. The number of aliphatic hydroxyl groups is 1. The van der Waals surface area contributed by atoms with Crippen molar-refractivity contribution in [1.82, 2.24) is 4.98 Å². The van der Waals surface area contributed by atoms with E-state index >= 15 is 0 Å². The number of hydrogen-bond donors (Lipinski definition) is 2. The van der Waals surface area contributed by atoms with Crippen LogP contribution >= 0.6 is 12.2 Å². The third kappa shape index (κ3) is 3.18. The molecule has 2 N–H and O–H groups in total. The molecule has 0 fully saturated rings. The van der Waals surface area contributed by atoms with Crippen LogP contribution in [-0.4, -0.2) is 28.6 Å². The van der Waals surface area contributed by atoms with Crippen molar-refractivity contribution in [3.63, 3.8) is 0 Å². The number of Topliss-reactive ketones (excluding diaryl/α,β-unsaturated/α-hetero) is 1. The number of H-pyrrole nitrogens is 1. The second-order valence-corrected chi connectivity index (χ2v) is 7.74. The molecule has 0 spiro atoms. The fourth-order valence-electron chi connectivity index (χ4n) is 4.38. The van der Waals surface area contributed by atoms with Crippen LogP contribution in [0.5, 0.6) is 5.75 Å². The van der Waals surface area contributed by atoms with Crippen LogP contribution in [0.25, 0.3) is 0 Å². The van der Waals surface area contributed by atoms with E-state index < -0.39 is 17.4 Å². The molecule has 0 saturated carbocycles. The number of nitrogens with zero attached hydrogens (tertiary/aromatic N) is 1. The first-order chi connectivity index (χ1) is 12.7. The summed E-state index contributed by atoms with van der Waals surface area (Å²) in [6.07, 6.45) is 0.203. The SMILES string of the molecule is COc1cccc([C@@H]2c3c(C)[nH]c(=S)c(C#N)c3C[C@](C)(O)[C@@H]2C(C)=O)c1. The summed E-state index contributed by atoms with van der Waals surface area (Å²) >= 11 is 5.33. The van der Waals surface area contributed by atoms with Crippen LogP contribution in [0.3, 0.4) is 0 Å². The maximum absolute atomic E-state index is 12.6. The summed E-state index contributed by atoms with van der Waals surface area (Å²) in [5, 5.41) is 20.9. The van der Waals surface area contributed by atoms with Gasteiger partial charge in [-0.1, -0.05) is 24.4 Å². The summed E-state index contributed by atoms with van der Waals surface area (Å²) in [5.74, 6) is -0.482. The molecule has 2 aromatic rings. The number of carbonyl (C=O) groups excluding carboxylic acids is 1. The smallest absolute Gasteiger partial charge is 0.136 e. The van der Waals surface area contributed by atoms with Crippen LogP contribution in [0.15, 0.2) is 24.3 Å². The molecular formula is C21H22N2O3S. The summed E-state index contributed by atoms with van der Waals surface area (Å²) in [4.78, 5) is 15.7. The molecule has 0 amide bonds. The Morgan fingerprint density at radius 3 is 2.78 bits per heavy atom. The first-order valence-corrected chi connectivity index (χ1v) is 9.14. The van der Waals surface area contributed by atoms with Gasteiger partial charge in [-0.2, -0.15) is 5.26 Å². The standard InChI is InChI=1S/C21H22N2O3S/c1-11-17-15(16(10-22)20(27)23-11)9-21(3,25)19(12(2)24)18(17)13-6-5-7-14(8-13)26-4/h5-8,18-19,25H,9H2,1-4H3,(H,23,27)/t18-,19-,21+/m1/s1. The number of benzene rings is 1. The third-order valence-corrected chi connectivity index (χ3v) is 5.72. The number of pyridine rings is 1. The van der Waals surface area contributed by atoms with Gasteiger partial charge in [0.25, 0.3) is 0 Å². The van der Waals surface area contributed by atoms with Gasteiger partial charge in [0.2, 0.25) is 0 Å². The second kappa shape index (κ2) is 6.91. The van der Waals surface area contributed by atoms with Crippen LogP contribution in [0, 0.1) is 28.8 Å². The topological polar surface area (TPSA) is 86.1 Å². The van der Waals surface area contributed by atoms with Crippen molar-refractivity contribution in [3.8, 4) is 11.8 Å². The van der Waals surface area contributed by atoms with E-state index in [9.17, 15) is 15.2 Å². The van der Waals surface area contributed by atoms with Crippen molar-refractivity contribution in [2.45, 2.75) is 38.7 Å². The molecule has 1 aliphatic rings. The quantitative estimate of drug-likeness (QED) is 0.793. The van der Waals surface area contributed by atoms with Gasteiger partial charge in [0, 0.05) is 18.0 Å². The van der Waals surface area contributed by atoms with Gasteiger partial charge in [0.15, 0.2) is 0 Å². The zero-order valence-electron chi connectivity index (χ0n) is 15.8. The maximum Gasteiger partial charge on any atom is 0.136 e. The lowest BCUT2D eigenvalue weighted by atomic mass is 9.62. The van der Waals surface area contributed by atoms with Gasteiger partial charge >= 0.3 is 0 Å². The minimum atomic E-state index is -1.30. The lowest BCUT2D eigenvalue weighted by Gasteiger charge is -2.43. The largest absolute Gasteiger partial charge is 0.497 e. The van der Waals surface area contributed by atoms with Crippen LogP contribution in [0.4, 0.5) is 0 Å². The van der Waals surface area contributed by atoms with Gasteiger partial charge in [-0.05, 0) is 49.6 Å². The Kier molecular flexibility index (Phi) is 4.94. The van der Waals surface area contributed by atoms with Gasteiger partial charge in [-0.3, -0.25) is 4.79 Å². The highest BCUT2D eigenvalue weighted by molar-refractivity contribution is 7.71. The molecule has 6 heteroatoms. The lowest BCUT2D eigenvalue weighted by Crippen LogP contribution is -2.48. The first kappa shape index (κ1) is 19.3. The van der Waals surface area contributed by atoms with Crippen LogP contribution in [-0.2, 0) is 11.2 Å². The normalized spacial score (nSPS) is 24.0. The number of nitrogens with one attached hydrogen (secondary N) is 1. The number of rotatable bonds is 3. The van der Waals surface area contributed by atoms with Crippen molar-refractivity contribution in [3.05, 3.63) is 56.9 Å². The summed E-state index contributed by atoms with van der Waals surface area (Å²) in [7, 11) is 1.59. The van der Waals surface area contributed by atoms with E-state index in [1.807, 2.05) is 31.2 Å². The minimum absolute atomic E-state index is 0.0983. The Labute approximate surface area is 163 Å². The molecule has 0 radical (unpaired) electrons. The Balaban J connectivity index is 2.40. The number of fused-ring (bicyclic) bond motifs is 1. The number of ketones is 1. The van der Waals surface area contributed by atoms with E-state index in [4.69, 9.17) is 17.0 Å². The molecule has 1 heterocycles. The predicted octanol–water partition coefficient (Wildman–Crippen LogP) is 3.58. The van der Waals surface area contributed by atoms with Gasteiger partial charge in [0.1, 0.15) is 22.2 Å². The molecule has 1 aromatic carbocycles. The minimum Gasteiger partial charge on any atom is -0.497 e. The molecule has 1 aliphatic carbocycles. The van der Waals surface area contributed by atoms with Gasteiger partial charge < -0.3 is 14.8 Å². The van der Waals surface area contributed by atoms with E-state index in [2.05, 4.69) is 11.1 Å². The molecular weight excluding hydrogens is 360 g/mol. The molecule has 27 heavy (non-hydrogen) atoms. The van der Waals surface area contributed by atoms with Crippen LogP contribution in [0.2, 0.25) is 0 Å². The Morgan fingerprint density at radius 1 is 1.48 bits per heavy atom. The number of aromatic amines is 1. The van der Waals surface area contributed by atoms with E-state index in [-0.39, 0.29) is 12.2 Å². The Morgan fingerprint density at radius 2 is 2.19 bits per heavy atom. The van der Waals surface area contributed by atoms with Crippen molar-refractivity contribution in [2.75, 3.05) is 7.11 Å². The summed E-state index contributed by atoms with van der Waals surface area (Å²) in [6, 6.07) is 9.66. The van der Waals surface area contributed by atoms with E-state index in [1.165, 1.54) is 6.92 Å². The van der Waals surface area contributed by atoms with Crippen LogP contribution < -0.4 is 4.74 Å². The second-order valence-electron chi connectivity index (χ2n) is 7.33.